The maximum absolute atomic E-state index is 13.2. The van der Waals surface area contributed by atoms with Crippen molar-refractivity contribution < 1.29 is 9.53 Å². The van der Waals surface area contributed by atoms with Crippen molar-refractivity contribution in [3.05, 3.63) is 65.7 Å². The largest absolute Gasteiger partial charge is 0.489 e. The molecule has 1 N–H and O–H groups in total. The third-order valence-electron chi connectivity index (χ3n) is 5.69. The first-order valence-corrected chi connectivity index (χ1v) is 9.57. The van der Waals surface area contributed by atoms with Crippen molar-refractivity contribution >= 4 is 18.3 Å². The lowest BCUT2D eigenvalue weighted by Gasteiger charge is -2.22. The van der Waals surface area contributed by atoms with E-state index >= 15 is 0 Å². The molecule has 0 bridgehead atoms. The summed E-state index contributed by atoms with van der Waals surface area (Å²) in [4.78, 5) is 15.2. The van der Waals surface area contributed by atoms with Crippen LogP contribution in [-0.2, 0) is 6.61 Å². The Bertz CT molecular complexity index is 739. The van der Waals surface area contributed by atoms with Gasteiger partial charge in [0.15, 0.2) is 0 Å². The molecule has 0 radical (unpaired) electrons. The highest BCUT2D eigenvalue weighted by atomic mass is 35.5. The monoisotopic (exact) mass is 386 g/mol. The zero-order valence-electron chi connectivity index (χ0n) is 15.5. The van der Waals surface area contributed by atoms with Crippen molar-refractivity contribution in [2.75, 3.05) is 26.2 Å². The fourth-order valence-corrected chi connectivity index (χ4v) is 4.12. The fourth-order valence-electron chi connectivity index (χ4n) is 4.12. The first-order chi connectivity index (χ1) is 12.8. The highest BCUT2D eigenvalue weighted by Crippen LogP contribution is 2.28. The van der Waals surface area contributed by atoms with E-state index in [4.69, 9.17) is 4.74 Å². The molecule has 4 rings (SSSR count). The van der Waals surface area contributed by atoms with Crippen molar-refractivity contribution in [1.82, 2.24) is 10.2 Å². The summed E-state index contributed by atoms with van der Waals surface area (Å²) in [5.41, 5.74) is 1.72. The van der Waals surface area contributed by atoms with Crippen LogP contribution in [0.15, 0.2) is 54.6 Å². The van der Waals surface area contributed by atoms with E-state index in [0.717, 1.165) is 67.7 Å². The molecule has 2 saturated heterocycles. The average Bonchev–Trinajstić information content (AvgIpc) is 3.05. The number of nitrogens with zero attached hydrogens (tertiary/aromatic N) is 1. The number of para-hydroxylation sites is 1. The predicted molar refractivity (Wildman–Crippen MR) is 109 cm³/mol. The number of benzene rings is 2. The molecule has 0 saturated carbocycles. The van der Waals surface area contributed by atoms with Crippen LogP contribution in [0.2, 0.25) is 0 Å². The Morgan fingerprint density at radius 3 is 2.30 bits per heavy atom. The van der Waals surface area contributed by atoms with Crippen LogP contribution in [0.5, 0.6) is 5.75 Å². The van der Waals surface area contributed by atoms with Gasteiger partial charge >= 0.3 is 0 Å². The number of ether oxygens (including phenoxy) is 1. The molecule has 2 aliphatic rings. The van der Waals surface area contributed by atoms with E-state index in [0.29, 0.717) is 6.61 Å². The maximum atomic E-state index is 13.2. The van der Waals surface area contributed by atoms with E-state index in [1.54, 1.807) is 0 Å². The third-order valence-corrected chi connectivity index (χ3v) is 5.69. The van der Waals surface area contributed by atoms with Crippen LogP contribution in [0, 0.1) is 11.8 Å². The minimum Gasteiger partial charge on any atom is -0.489 e. The number of amides is 1. The van der Waals surface area contributed by atoms with Crippen LogP contribution in [0.4, 0.5) is 0 Å². The van der Waals surface area contributed by atoms with Crippen LogP contribution >= 0.6 is 12.4 Å². The van der Waals surface area contributed by atoms with Crippen LogP contribution in [0.1, 0.15) is 28.8 Å². The van der Waals surface area contributed by atoms with E-state index in [1.807, 2.05) is 59.5 Å². The number of rotatable bonds is 4. The zero-order chi connectivity index (χ0) is 17.8. The molecule has 2 atom stereocenters. The lowest BCUT2D eigenvalue weighted by atomic mass is 9.92. The Balaban J connectivity index is 0.00000210. The van der Waals surface area contributed by atoms with E-state index in [9.17, 15) is 4.79 Å². The zero-order valence-corrected chi connectivity index (χ0v) is 16.3. The van der Waals surface area contributed by atoms with Gasteiger partial charge in [0.2, 0.25) is 0 Å². The number of fused-ring (bicyclic) bond motifs is 1. The van der Waals surface area contributed by atoms with E-state index in [2.05, 4.69) is 5.32 Å². The molecule has 5 heteroatoms. The van der Waals surface area contributed by atoms with Crippen LogP contribution in [0.3, 0.4) is 0 Å². The number of likely N-dealkylation sites (tertiary alicyclic amines) is 1. The van der Waals surface area contributed by atoms with Crippen molar-refractivity contribution in [2.24, 2.45) is 11.8 Å². The summed E-state index contributed by atoms with van der Waals surface area (Å²) < 4.78 is 5.88. The summed E-state index contributed by atoms with van der Waals surface area (Å²) in [6.07, 6.45) is 2.21. The van der Waals surface area contributed by atoms with Gasteiger partial charge in [0.25, 0.3) is 5.91 Å². The number of nitrogens with one attached hydrogen (secondary N) is 1. The van der Waals surface area contributed by atoms with Gasteiger partial charge in [-0.25, -0.2) is 0 Å². The minimum atomic E-state index is 0. The Hall–Kier alpha value is -2.04. The van der Waals surface area contributed by atoms with Crippen molar-refractivity contribution in [1.29, 1.82) is 0 Å². The van der Waals surface area contributed by atoms with Gasteiger partial charge in [0, 0.05) is 24.2 Å². The molecule has 2 aliphatic heterocycles. The van der Waals surface area contributed by atoms with Crippen molar-refractivity contribution in [2.45, 2.75) is 19.4 Å². The van der Waals surface area contributed by atoms with Crippen molar-refractivity contribution in [3.8, 4) is 5.75 Å². The molecule has 2 aromatic rings. The molecule has 0 spiro atoms. The van der Waals surface area contributed by atoms with Crippen molar-refractivity contribution in [3.63, 3.8) is 0 Å². The van der Waals surface area contributed by atoms with Gasteiger partial charge in [0.1, 0.15) is 12.4 Å². The molecule has 0 unspecified atom stereocenters. The molecule has 2 fully saturated rings. The summed E-state index contributed by atoms with van der Waals surface area (Å²) in [7, 11) is 0. The van der Waals surface area contributed by atoms with Gasteiger partial charge in [0.05, 0.1) is 0 Å². The molecule has 2 aromatic carbocycles. The smallest absolute Gasteiger partial charge is 0.254 e. The topological polar surface area (TPSA) is 41.6 Å². The second kappa shape index (κ2) is 9.25. The lowest BCUT2D eigenvalue weighted by molar-refractivity contribution is 0.0755. The number of halogens is 1. The van der Waals surface area contributed by atoms with E-state index in [-0.39, 0.29) is 18.3 Å². The first-order valence-electron chi connectivity index (χ1n) is 9.57. The highest BCUT2D eigenvalue weighted by molar-refractivity contribution is 5.95. The Kier molecular flexibility index (Phi) is 6.75. The first kappa shape index (κ1) is 19.7. The van der Waals surface area contributed by atoms with Gasteiger partial charge in [-0.3, -0.25) is 4.79 Å². The van der Waals surface area contributed by atoms with Gasteiger partial charge in [-0.15, -0.1) is 12.4 Å². The van der Waals surface area contributed by atoms with E-state index in [1.165, 1.54) is 0 Å². The van der Waals surface area contributed by atoms with Gasteiger partial charge in [-0.2, -0.15) is 0 Å². The second-order valence-electron chi connectivity index (χ2n) is 7.31. The maximum Gasteiger partial charge on any atom is 0.254 e. The third kappa shape index (κ3) is 4.63. The lowest BCUT2D eigenvalue weighted by Crippen LogP contribution is -2.33. The number of hydrogen-bond acceptors (Lipinski definition) is 3. The Morgan fingerprint density at radius 1 is 0.963 bits per heavy atom. The van der Waals surface area contributed by atoms with Gasteiger partial charge in [-0.1, -0.05) is 36.4 Å². The molecule has 2 heterocycles. The Morgan fingerprint density at radius 2 is 1.59 bits per heavy atom. The molecular weight excluding hydrogens is 360 g/mol. The quantitative estimate of drug-likeness (QED) is 0.869. The van der Waals surface area contributed by atoms with Crippen LogP contribution in [-0.4, -0.2) is 37.0 Å². The average molecular weight is 387 g/mol. The van der Waals surface area contributed by atoms with Crippen LogP contribution in [0.25, 0.3) is 0 Å². The molecular formula is C22H27ClN2O2. The highest BCUT2D eigenvalue weighted by Gasteiger charge is 2.32. The minimum absolute atomic E-state index is 0. The van der Waals surface area contributed by atoms with Crippen LogP contribution < -0.4 is 10.1 Å². The molecule has 1 amide bonds. The SMILES string of the molecule is Cl.O=C(c1ccccc1COc1ccccc1)N1CC[C@@H]2CNC[C@@H]2CC1. The summed E-state index contributed by atoms with van der Waals surface area (Å²) in [6, 6.07) is 17.6. The number of hydrogen-bond donors (Lipinski definition) is 1. The summed E-state index contributed by atoms with van der Waals surface area (Å²) in [5.74, 6) is 2.42. The van der Waals surface area contributed by atoms with E-state index < -0.39 is 0 Å². The standard InChI is InChI=1S/C22H26N2O2.ClH/c25-22(24-12-10-17-14-23-15-18(17)11-13-24)21-9-5-4-6-19(21)16-26-20-7-2-1-3-8-20;/h1-9,17-18,23H,10-16H2;1H/t17-,18+;. The number of carbonyl (C=O) groups is 1. The normalized spacial score (nSPS) is 21.7. The molecule has 0 aliphatic carbocycles. The molecule has 27 heavy (non-hydrogen) atoms. The van der Waals surface area contributed by atoms with Gasteiger partial charge < -0.3 is 15.0 Å². The second-order valence-corrected chi connectivity index (χ2v) is 7.31. The fraction of sp³-hybridized carbons (Fsp3) is 0.409. The summed E-state index contributed by atoms with van der Waals surface area (Å²) in [6.45, 7) is 4.34. The molecule has 4 nitrogen and oxygen atoms in total. The number of carbonyl (C=O) groups excluding carboxylic acids is 1. The van der Waals surface area contributed by atoms with Gasteiger partial charge in [-0.05, 0) is 56.0 Å². The Labute approximate surface area is 167 Å². The molecule has 144 valence electrons. The predicted octanol–water partition coefficient (Wildman–Crippen LogP) is 3.76. The summed E-state index contributed by atoms with van der Waals surface area (Å²) >= 11 is 0. The summed E-state index contributed by atoms with van der Waals surface area (Å²) in [5, 5.41) is 3.49. The molecule has 0 aromatic heterocycles.